The lowest BCUT2D eigenvalue weighted by Gasteiger charge is -2.08. The van der Waals surface area contributed by atoms with E-state index in [9.17, 15) is 4.79 Å². The van der Waals surface area contributed by atoms with Gasteiger partial charge in [-0.05, 0) is 24.3 Å². The largest absolute Gasteiger partial charge is 0.378 e. The number of rotatable bonds is 1. The van der Waals surface area contributed by atoms with Gasteiger partial charge < -0.3 is 4.90 Å². The van der Waals surface area contributed by atoms with Gasteiger partial charge in [0.2, 0.25) is 0 Å². The van der Waals surface area contributed by atoms with E-state index in [1.165, 1.54) is 0 Å². The first-order valence-corrected chi connectivity index (χ1v) is 3.48. The van der Waals surface area contributed by atoms with E-state index in [4.69, 9.17) is 0 Å². The van der Waals surface area contributed by atoms with Crippen LogP contribution < -0.4 is 10.3 Å². The maximum Gasteiger partial charge on any atom is 0.178 e. The zero-order valence-corrected chi connectivity index (χ0v) is 6.74. The average molecular weight is 149 g/mol. The number of nitrogens with zero attached hydrogens (tertiary/aromatic N) is 1. The van der Waals surface area contributed by atoms with Gasteiger partial charge in [-0.2, -0.15) is 0 Å². The second kappa shape index (κ2) is 3.19. The molecular weight excluding hydrogens is 138 g/mol. The Labute approximate surface area is 66.1 Å². The molecule has 0 aliphatic rings. The molecule has 1 rings (SSSR count). The number of hydrogen-bond acceptors (Lipinski definition) is 2. The molecule has 11 heavy (non-hydrogen) atoms. The highest BCUT2D eigenvalue weighted by Crippen LogP contribution is 2.04. The fourth-order valence-electron chi connectivity index (χ4n) is 0.818. The maximum absolute atomic E-state index is 10.8. The van der Waals surface area contributed by atoms with E-state index in [1.807, 2.05) is 31.1 Å². The van der Waals surface area contributed by atoms with Gasteiger partial charge in [-0.25, -0.2) is 0 Å². The third-order valence-corrected chi connectivity index (χ3v) is 1.46. The second-order valence-corrected chi connectivity index (χ2v) is 2.58. The summed E-state index contributed by atoms with van der Waals surface area (Å²) in [6.07, 6.45) is 0. The van der Waals surface area contributed by atoms with Crippen molar-refractivity contribution in [2.75, 3.05) is 19.0 Å². The van der Waals surface area contributed by atoms with Crippen LogP contribution in [0.4, 0.5) is 5.69 Å². The van der Waals surface area contributed by atoms with Crippen LogP contribution in [0.25, 0.3) is 0 Å². The van der Waals surface area contributed by atoms with Crippen molar-refractivity contribution in [3.8, 4) is 0 Å². The Morgan fingerprint density at radius 1 is 1.09 bits per heavy atom. The van der Waals surface area contributed by atoms with Gasteiger partial charge in [0.1, 0.15) is 0 Å². The molecule has 0 heterocycles. The Kier molecular flexibility index (Phi) is 2.26. The van der Waals surface area contributed by atoms with Gasteiger partial charge in [-0.15, -0.1) is 0 Å². The lowest BCUT2D eigenvalue weighted by Crippen LogP contribution is -2.07. The van der Waals surface area contributed by atoms with Gasteiger partial charge in [-0.1, -0.05) is 6.07 Å². The predicted octanol–water partition coefficient (Wildman–Crippen LogP) is 1.11. The van der Waals surface area contributed by atoms with Gasteiger partial charge in [0.15, 0.2) is 5.43 Å². The highest BCUT2D eigenvalue weighted by atomic mass is 16.1. The van der Waals surface area contributed by atoms with Crippen molar-refractivity contribution in [2.45, 2.75) is 0 Å². The topological polar surface area (TPSA) is 20.3 Å². The van der Waals surface area contributed by atoms with Crippen LogP contribution in [-0.4, -0.2) is 14.1 Å². The molecule has 1 aromatic carbocycles. The smallest absolute Gasteiger partial charge is 0.178 e. The molecule has 0 unspecified atom stereocenters. The summed E-state index contributed by atoms with van der Waals surface area (Å²) in [5, 5.41) is 0. The molecule has 0 saturated heterocycles. The quantitative estimate of drug-likeness (QED) is 0.596. The van der Waals surface area contributed by atoms with Crippen molar-refractivity contribution >= 4 is 5.69 Å². The Balaban J connectivity index is 3.15. The highest BCUT2D eigenvalue weighted by molar-refractivity contribution is 5.43. The van der Waals surface area contributed by atoms with E-state index in [1.54, 1.807) is 18.2 Å². The summed E-state index contributed by atoms with van der Waals surface area (Å²) in [4.78, 5) is 12.8. The van der Waals surface area contributed by atoms with Crippen molar-refractivity contribution in [1.29, 1.82) is 0 Å². The fraction of sp³-hybridized carbons (Fsp3) is 0.222. The van der Waals surface area contributed by atoms with Crippen LogP contribution in [0.1, 0.15) is 0 Å². The number of hydrogen-bond donors (Lipinski definition) is 0. The molecule has 58 valence electrons. The van der Waals surface area contributed by atoms with Crippen molar-refractivity contribution in [3.05, 3.63) is 40.6 Å². The van der Waals surface area contributed by atoms with Crippen LogP contribution in [0.15, 0.2) is 35.1 Å². The summed E-state index contributed by atoms with van der Waals surface area (Å²) in [6, 6.07) is 8.59. The summed E-state index contributed by atoms with van der Waals surface area (Å²) in [6.45, 7) is 0. The lowest BCUT2D eigenvalue weighted by molar-refractivity contribution is 1.13. The third-order valence-electron chi connectivity index (χ3n) is 1.46. The SMILES string of the molecule is CN(C)c1cccc(=O)cc1. The summed E-state index contributed by atoms with van der Waals surface area (Å²) < 4.78 is 0. The van der Waals surface area contributed by atoms with Gasteiger partial charge in [0, 0.05) is 19.8 Å². The lowest BCUT2D eigenvalue weighted by atomic mass is 10.4. The van der Waals surface area contributed by atoms with Crippen LogP contribution in [0.2, 0.25) is 0 Å². The average Bonchev–Trinajstić information content (AvgIpc) is 2.13. The Morgan fingerprint density at radius 2 is 1.82 bits per heavy atom. The van der Waals surface area contributed by atoms with Crippen molar-refractivity contribution in [3.63, 3.8) is 0 Å². The van der Waals surface area contributed by atoms with Crippen LogP contribution in [0.5, 0.6) is 0 Å². The summed E-state index contributed by atoms with van der Waals surface area (Å²) in [5.74, 6) is 0. The highest BCUT2D eigenvalue weighted by Gasteiger charge is 1.89. The van der Waals surface area contributed by atoms with Crippen LogP contribution in [-0.2, 0) is 0 Å². The first-order chi connectivity index (χ1) is 5.20. The standard InChI is InChI=1S/C9H11NO/c1-10(2)8-4-3-5-9(11)7-6-8/h3-7H,1-2H3. The molecule has 0 aliphatic heterocycles. The van der Waals surface area contributed by atoms with E-state index >= 15 is 0 Å². The predicted molar refractivity (Wildman–Crippen MR) is 47.0 cm³/mol. The van der Waals surface area contributed by atoms with Gasteiger partial charge in [0.05, 0.1) is 0 Å². The summed E-state index contributed by atoms with van der Waals surface area (Å²) in [5.41, 5.74) is 1.07. The number of anilines is 1. The van der Waals surface area contributed by atoms with Crippen molar-refractivity contribution in [1.82, 2.24) is 0 Å². The first kappa shape index (κ1) is 7.79. The molecule has 2 nitrogen and oxygen atoms in total. The fourth-order valence-corrected chi connectivity index (χ4v) is 0.818. The third kappa shape index (κ3) is 2.08. The molecule has 0 aliphatic carbocycles. The molecule has 0 saturated carbocycles. The molecule has 0 atom stereocenters. The minimum atomic E-state index is 0.0399. The molecule has 0 amide bonds. The minimum absolute atomic E-state index is 0.0399. The van der Waals surface area contributed by atoms with E-state index in [0.717, 1.165) is 5.69 Å². The molecule has 0 aromatic heterocycles. The van der Waals surface area contributed by atoms with Crippen molar-refractivity contribution < 1.29 is 0 Å². The Bertz CT molecular complexity index is 294. The summed E-state index contributed by atoms with van der Waals surface area (Å²) >= 11 is 0. The van der Waals surface area contributed by atoms with E-state index in [2.05, 4.69) is 0 Å². The van der Waals surface area contributed by atoms with Crippen LogP contribution >= 0.6 is 0 Å². The molecule has 0 bridgehead atoms. The van der Waals surface area contributed by atoms with Gasteiger partial charge in [-0.3, -0.25) is 4.79 Å². The first-order valence-electron chi connectivity index (χ1n) is 3.48. The molecule has 1 aromatic rings. The van der Waals surface area contributed by atoms with Crippen LogP contribution in [0, 0.1) is 0 Å². The van der Waals surface area contributed by atoms with E-state index in [0.29, 0.717) is 0 Å². The summed E-state index contributed by atoms with van der Waals surface area (Å²) in [7, 11) is 3.89. The molecule has 0 radical (unpaired) electrons. The normalized spacial score (nSPS) is 9.27. The van der Waals surface area contributed by atoms with Crippen molar-refractivity contribution in [2.24, 2.45) is 0 Å². The molecular formula is C9H11NO. The second-order valence-electron chi connectivity index (χ2n) is 2.58. The monoisotopic (exact) mass is 149 g/mol. The Hall–Kier alpha value is -1.31. The maximum atomic E-state index is 10.8. The minimum Gasteiger partial charge on any atom is -0.378 e. The zero-order valence-electron chi connectivity index (χ0n) is 6.74. The van der Waals surface area contributed by atoms with E-state index < -0.39 is 0 Å². The Morgan fingerprint density at radius 3 is 2.45 bits per heavy atom. The van der Waals surface area contributed by atoms with Gasteiger partial charge >= 0.3 is 0 Å². The van der Waals surface area contributed by atoms with Crippen LogP contribution in [0.3, 0.4) is 0 Å². The molecule has 0 spiro atoms. The molecule has 0 N–H and O–H groups in total. The van der Waals surface area contributed by atoms with E-state index in [-0.39, 0.29) is 5.43 Å². The molecule has 2 heteroatoms. The molecule has 0 fully saturated rings. The zero-order chi connectivity index (χ0) is 8.27. The van der Waals surface area contributed by atoms with Gasteiger partial charge in [0.25, 0.3) is 0 Å².